The molecule has 4 heteroatoms. The number of hydrogen-bond donors (Lipinski definition) is 1. The van der Waals surface area contributed by atoms with Gasteiger partial charge in [0, 0.05) is 43.5 Å². The van der Waals surface area contributed by atoms with E-state index >= 15 is 0 Å². The van der Waals surface area contributed by atoms with Crippen LogP contribution >= 0.6 is 0 Å². The fourth-order valence-corrected chi connectivity index (χ4v) is 3.75. The third kappa shape index (κ3) is 3.43. The summed E-state index contributed by atoms with van der Waals surface area (Å²) < 4.78 is 0. The fraction of sp³-hybridized carbons (Fsp3) is 0.611. The van der Waals surface area contributed by atoms with E-state index in [-0.39, 0.29) is 5.91 Å². The van der Waals surface area contributed by atoms with Crippen LogP contribution in [0.2, 0.25) is 0 Å². The van der Waals surface area contributed by atoms with E-state index in [0.717, 1.165) is 38.1 Å². The number of hydrogen-bond acceptors (Lipinski definition) is 3. The minimum atomic E-state index is 0.115. The van der Waals surface area contributed by atoms with Gasteiger partial charge >= 0.3 is 0 Å². The lowest BCUT2D eigenvalue weighted by Gasteiger charge is -2.41. The molecule has 0 atom stereocenters. The van der Waals surface area contributed by atoms with Crippen LogP contribution in [0.25, 0.3) is 0 Å². The third-order valence-corrected chi connectivity index (χ3v) is 5.24. The van der Waals surface area contributed by atoms with Gasteiger partial charge in [-0.1, -0.05) is 13.0 Å². The van der Waals surface area contributed by atoms with Gasteiger partial charge in [0.15, 0.2) is 0 Å². The van der Waals surface area contributed by atoms with Gasteiger partial charge in [0.25, 0.3) is 5.91 Å². The van der Waals surface area contributed by atoms with Crippen LogP contribution in [0.1, 0.15) is 43.0 Å². The molecular weight excluding hydrogens is 274 g/mol. The van der Waals surface area contributed by atoms with E-state index in [2.05, 4.69) is 11.8 Å². The van der Waals surface area contributed by atoms with Crippen molar-refractivity contribution in [3.05, 3.63) is 29.8 Å². The summed E-state index contributed by atoms with van der Waals surface area (Å²) in [6, 6.07) is 8.03. The molecule has 0 unspecified atom stereocenters. The average Bonchev–Trinajstić information content (AvgIpc) is 2.55. The molecule has 1 saturated heterocycles. The van der Waals surface area contributed by atoms with Crippen molar-refractivity contribution in [2.45, 2.75) is 38.6 Å². The number of rotatable bonds is 2. The Labute approximate surface area is 133 Å². The zero-order chi connectivity index (χ0) is 15.5. The number of nitrogens with zero attached hydrogens (tertiary/aromatic N) is 2. The SMILES string of the molecule is CC1CCC(N2CCN(C(=O)c3cccc(N)c3)CC2)CC1. The van der Waals surface area contributed by atoms with E-state index in [1.165, 1.54) is 25.7 Å². The van der Waals surface area contributed by atoms with E-state index < -0.39 is 0 Å². The Bertz CT molecular complexity index is 515. The predicted molar refractivity (Wildman–Crippen MR) is 89.8 cm³/mol. The van der Waals surface area contributed by atoms with Crippen molar-refractivity contribution in [2.24, 2.45) is 5.92 Å². The Kier molecular flexibility index (Phi) is 4.67. The first-order valence-electron chi connectivity index (χ1n) is 8.52. The smallest absolute Gasteiger partial charge is 0.254 e. The van der Waals surface area contributed by atoms with Gasteiger partial charge in [-0.2, -0.15) is 0 Å². The molecule has 22 heavy (non-hydrogen) atoms. The van der Waals surface area contributed by atoms with Gasteiger partial charge in [0.2, 0.25) is 0 Å². The van der Waals surface area contributed by atoms with Crippen molar-refractivity contribution in [3.63, 3.8) is 0 Å². The second kappa shape index (κ2) is 6.69. The molecular formula is C18H27N3O. The molecule has 1 amide bonds. The zero-order valence-corrected chi connectivity index (χ0v) is 13.5. The second-order valence-corrected chi connectivity index (χ2v) is 6.87. The first-order chi connectivity index (χ1) is 10.6. The van der Waals surface area contributed by atoms with Gasteiger partial charge in [-0.3, -0.25) is 9.69 Å². The molecule has 1 heterocycles. The summed E-state index contributed by atoms with van der Waals surface area (Å²) >= 11 is 0. The van der Waals surface area contributed by atoms with E-state index in [9.17, 15) is 4.79 Å². The molecule has 120 valence electrons. The molecule has 0 spiro atoms. The maximum Gasteiger partial charge on any atom is 0.254 e. The van der Waals surface area contributed by atoms with Crippen LogP contribution in [0, 0.1) is 5.92 Å². The third-order valence-electron chi connectivity index (χ3n) is 5.24. The topological polar surface area (TPSA) is 49.6 Å². The molecule has 1 aromatic rings. The molecule has 0 aromatic heterocycles. The van der Waals surface area contributed by atoms with Crippen molar-refractivity contribution < 1.29 is 4.79 Å². The highest BCUT2D eigenvalue weighted by Crippen LogP contribution is 2.27. The molecule has 2 fully saturated rings. The van der Waals surface area contributed by atoms with Crippen LogP contribution in [0.5, 0.6) is 0 Å². The van der Waals surface area contributed by atoms with Crippen molar-refractivity contribution in [3.8, 4) is 0 Å². The average molecular weight is 301 g/mol. The molecule has 1 saturated carbocycles. The summed E-state index contributed by atoms with van der Waals surface area (Å²) in [4.78, 5) is 17.1. The molecule has 0 bridgehead atoms. The van der Waals surface area contributed by atoms with Crippen LogP contribution in [0.3, 0.4) is 0 Å². The van der Waals surface area contributed by atoms with Crippen LogP contribution in [-0.2, 0) is 0 Å². The molecule has 2 N–H and O–H groups in total. The largest absolute Gasteiger partial charge is 0.399 e. The number of nitrogens with two attached hydrogens (primary N) is 1. The summed E-state index contributed by atoms with van der Waals surface area (Å²) in [7, 11) is 0. The van der Waals surface area contributed by atoms with Gasteiger partial charge < -0.3 is 10.6 Å². The summed E-state index contributed by atoms with van der Waals surface area (Å²) in [5, 5.41) is 0. The van der Waals surface area contributed by atoms with E-state index in [4.69, 9.17) is 5.73 Å². The summed E-state index contributed by atoms with van der Waals surface area (Å²) in [5.41, 5.74) is 7.14. The van der Waals surface area contributed by atoms with Gasteiger partial charge in [-0.15, -0.1) is 0 Å². The highest BCUT2D eigenvalue weighted by molar-refractivity contribution is 5.95. The summed E-state index contributed by atoms with van der Waals surface area (Å²) in [6.45, 7) is 6.04. The predicted octanol–water partition coefficient (Wildman–Crippen LogP) is 2.61. The Morgan fingerprint density at radius 3 is 2.41 bits per heavy atom. The zero-order valence-electron chi connectivity index (χ0n) is 13.5. The Morgan fingerprint density at radius 1 is 1.09 bits per heavy atom. The monoisotopic (exact) mass is 301 g/mol. The number of carbonyl (C=O) groups is 1. The molecule has 2 aliphatic rings. The summed E-state index contributed by atoms with van der Waals surface area (Å²) in [6.07, 6.45) is 5.36. The van der Waals surface area contributed by atoms with E-state index in [1.54, 1.807) is 6.07 Å². The minimum absolute atomic E-state index is 0.115. The maximum atomic E-state index is 12.5. The molecule has 3 rings (SSSR count). The Morgan fingerprint density at radius 2 is 1.77 bits per heavy atom. The molecule has 1 aliphatic heterocycles. The number of carbonyl (C=O) groups excluding carboxylic acids is 1. The maximum absolute atomic E-state index is 12.5. The van der Waals surface area contributed by atoms with Crippen LogP contribution in [0.4, 0.5) is 5.69 Å². The number of anilines is 1. The van der Waals surface area contributed by atoms with Crippen LogP contribution in [0.15, 0.2) is 24.3 Å². The molecule has 1 aromatic carbocycles. The normalized spacial score (nSPS) is 26.9. The van der Waals surface area contributed by atoms with Crippen LogP contribution < -0.4 is 5.73 Å². The standard InChI is InChI=1S/C18H27N3O/c1-14-5-7-17(8-6-14)20-9-11-21(12-10-20)18(22)15-3-2-4-16(19)13-15/h2-4,13-14,17H,5-12,19H2,1H3. The molecule has 4 nitrogen and oxygen atoms in total. The first kappa shape index (κ1) is 15.3. The lowest BCUT2D eigenvalue weighted by atomic mass is 9.86. The van der Waals surface area contributed by atoms with Gasteiger partial charge in [0.1, 0.15) is 0 Å². The number of nitrogen functional groups attached to an aromatic ring is 1. The fourth-order valence-electron chi connectivity index (χ4n) is 3.75. The van der Waals surface area contributed by atoms with E-state index in [1.807, 2.05) is 23.1 Å². The molecule has 1 aliphatic carbocycles. The number of piperazine rings is 1. The molecule has 0 radical (unpaired) electrons. The van der Waals surface area contributed by atoms with Crippen molar-refractivity contribution in [1.82, 2.24) is 9.80 Å². The van der Waals surface area contributed by atoms with Crippen molar-refractivity contribution in [2.75, 3.05) is 31.9 Å². The van der Waals surface area contributed by atoms with Gasteiger partial charge in [-0.05, 0) is 49.8 Å². The summed E-state index contributed by atoms with van der Waals surface area (Å²) in [5.74, 6) is 1.01. The highest BCUT2D eigenvalue weighted by atomic mass is 16.2. The quantitative estimate of drug-likeness (QED) is 0.854. The van der Waals surface area contributed by atoms with Crippen molar-refractivity contribution >= 4 is 11.6 Å². The van der Waals surface area contributed by atoms with Crippen LogP contribution in [-0.4, -0.2) is 47.9 Å². The van der Waals surface area contributed by atoms with Gasteiger partial charge in [0.05, 0.1) is 0 Å². The Hall–Kier alpha value is -1.55. The number of benzene rings is 1. The Balaban J connectivity index is 1.54. The lowest BCUT2D eigenvalue weighted by Crippen LogP contribution is -2.52. The first-order valence-corrected chi connectivity index (χ1v) is 8.52. The lowest BCUT2D eigenvalue weighted by molar-refractivity contribution is 0.0501. The number of amides is 1. The highest BCUT2D eigenvalue weighted by Gasteiger charge is 2.28. The minimum Gasteiger partial charge on any atom is -0.399 e. The van der Waals surface area contributed by atoms with E-state index in [0.29, 0.717) is 11.3 Å². The second-order valence-electron chi connectivity index (χ2n) is 6.87. The van der Waals surface area contributed by atoms with Gasteiger partial charge in [-0.25, -0.2) is 0 Å². The van der Waals surface area contributed by atoms with Crippen molar-refractivity contribution in [1.29, 1.82) is 0 Å².